The van der Waals surface area contributed by atoms with Gasteiger partial charge in [0.25, 0.3) is 5.91 Å². The Morgan fingerprint density at radius 1 is 1.26 bits per heavy atom. The molecule has 0 bridgehead atoms. The van der Waals surface area contributed by atoms with Gasteiger partial charge in [-0.25, -0.2) is 9.50 Å². The third-order valence-corrected chi connectivity index (χ3v) is 5.05. The van der Waals surface area contributed by atoms with Crippen LogP contribution in [0.3, 0.4) is 0 Å². The first kappa shape index (κ1) is 17.2. The predicted molar refractivity (Wildman–Crippen MR) is 98.6 cm³/mol. The van der Waals surface area contributed by atoms with E-state index in [2.05, 4.69) is 10.1 Å². The van der Waals surface area contributed by atoms with E-state index in [1.807, 2.05) is 44.2 Å². The van der Waals surface area contributed by atoms with Crippen LogP contribution >= 0.6 is 0 Å². The van der Waals surface area contributed by atoms with Gasteiger partial charge in [-0.3, -0.25) is 9.59 Å². The molecule has 0 saturated carbocycles. The number of aliphatic carboxylic acids is 1. The van der Waals surface area contributed by atoms with Crippen LogP contribution in [-0.2, 0) is 11.2 Å². The van der Waals surface area contributed by atoms with Crippen molar-refractivity contribution in [3.8, 4) is 0 Å². The van der Waals surface area contributed by atoms with Crippen molar-refractivity contribution in [3.05, 3.63) is 64.6 Å². The summed E-state index contributed by atoms with van der Waals surface area (Å²) < 4.78 is 1.64. The number of amides is 1. The highest BCUT2D eigenvalue weighted by Gasteiger charge is 2.34. The molecule has 1 N–H and O–H groups in total. The molecule has 0 fully saturated rings. The summed E-state index contributed by atoms with van der Waals surface area (Å²) in [6.07, 6.45) is 2.09. The molecule has 1 aromatic carbocycles. The van der Waals surface area contributed by atoms with Crippen molar-refractivity contribution in [1.29, 1.82) is 0 Å². The number of carbonyl (C=O) groups excluding carboxylic acids is 1. The molecule has 0 unspecified atom stereocenters. The molecule has 4 rings (SSSR count). The Morgan fingerprint density at radius 3 is 2.81 bits per heavy atom. The highest BCUT2D eigenvalue weighted by Crippen LogP contribution is 2.33. The molecule has 0 aliphatic carbocycles. The van der Waals surface area contributed by atoms with Crippen molar-refractivity contribution in [2.75, 3.05) is 6.54 Å². The Hall–Kier alpha value is -3.22. The number of hydrogen-bond acceptors (Lipinski definition) is 4. The topological polar surface area (TPSA) is 87.8 Å². The molecule has 27 heavy (non-hydrogen) atoms. The highest BCUT2D eigenvalue weighted by atomic mass is 16.4. The summed E-state index contributed by atoms with van der Waals surface area (Å²) in [6.45, 7) is 4.25. The lowest BCUT2D eigenvalue weighted by Gasteiger charge is -2.36. The van der Waals surface area contributed by atoms with Gasteiger partial charge in [-0.1, -0.05) is 24.3 Å². The number of nitrogens with zero attached hydrogens (tertiary/aromatic N) is 4. The van der Waals surface area contributed by atoms with Gasteiger partial charge < -0.3 is 10.0 Å². The summed E-state index contributed by atoms with van der Waals surface area (Å²) in [5.41, 5.74) is 4.60. The van der Waals surface area contributed by atoms with Gasteiger partial charge in [-0.05, 0) is 37.5 Å². The number of fused-ring (bicyclic) bond motifs is 2. The summed E-state index contributed by atoms with van der Waals surface area (Å²) >= 11 is 0. The number of hydrogen-bond donors (Lipinski definition) is 1. The van der Waals surface area contributed by atoms with Gasteiger partial charge in [0.1, 0.15) is 5.56 Å². The third kappa shape index (κ3) is 2.95. The molecule has 2 aromatic heterocycles. The number of aryl methyl sites for hydroxylation is 2. The summed E-state index contributed by atoms with van der Waals surface area (Å²) in [5.74, 6) is -1.16. The smallest absolute Gasteiger partial charge is 0.305 e. The number of carbonyl (C=O) groups is 2. The highest BCUT2D eigenvalue weighted by molar-refractivity contribution is 6.00. The third-order valence-electron chi connectivity index (χ3n) is 5.05. The van der Waals surface area contributed by atoms with Gasteiger partial charge >= 0.3 is 5.97 Å². The van der Waals surface area contributed by atoms with Crippen molar-refractivity contribution in [3.63, 3.8) is 0 Å². The van der Waals surface area contributed by atoms with Gasteiger partial charge in [0.2, 0.25) is 0 Å². The fourth-order valence-corrected chi connectivity index (χ4v) is 3.86. The summed E-state index contributed by atoms with van der Waals surface area (Å²) in [7, 11) is 0. The summed E-state index contributed by atoms with van der Waals surface area (Å²) in [5, 5.41) is 13.7. The molecule has 7 heteroatoms. The van der Waals surface area contributed by atoms with Gasteiger partial charge in [0.05, 0.1) is 18.7 Å². The lowest BCUT2D eigenvalue weighted by atomic mass is 9.90. The first-order chi connectivity index (χ1) is 13.0. The zero-order chi connectivity index (χ0) is 19.1. The van der Waals surface area contributed by atoms with Gasteiger partial charge in [-0.2, -0.15) is 5.10 Å². The fourth-order valence-electron chi connectivity index (χ4n) is 3.86. The molecule has 138 valence electrons. The van der Waals surface area contributed by atoms with Crippen LogP contribution in [0.5, 0.6) is 0 Å². The van der Waals surface area contributed by atoms with E-state index in [9.17, 15) is 14.7 Å². The van der Waals surface area contributed by atoms with E-state index >= 15 is 0 Å². The first-order valence-corrected chi connectivity index (χ1v) is 8.88. The minimum atomic E-state index is -0.931. The van der Waals surface area contributed by atoms with E-state index in [1.54, 1.807) is 9.42 Å². The predicted octanol–water partition coefficient (Wildman–Crippen LogP) is 2.56. The van der Waals surface area contributed by atoms with E-state index < -0.39 is 12.0 Å². The van der Waals surface area contributed by atoms with E-state index in [0.29, 0.717) is 24.2 Å². The van der Waals surface area contributed by atoms with Crippen molar-refractivity contribution in [2.45, 2.75) is 32.7 Å². The average Bonchev–Trinajstić information content (AvgIpc) is 3.05. The monoisotopic (exact) mass is 364 g/mol. The van der Waals surface area contributed by atoms with Crippen LogP contribution in [0.25, 0.3) is 5.65 Å². The molecule has 3 aromatic rings. The lowest BCUT2D eigenvalue weighted by Crippen LogP contribution is -2.41. The number of carboxylic acid groups (broad SMARTS) is 1. The molecule has 1 aliphatic rings. The lowest BCUT2D eigenvalue weighted by molar-refractivity contribution is -0.138. The van der Waals surface area contributed by atoms with Crippen LogP contribution < -0.4 is 0 Å². The Morgan fingerprint density at radius 2 is 2.04 bits per heavy atom. The van der Waals surface area contributed by atoms with Crippen molar-refractivity contribution >= 4 is 17.5 Å². The maximum atomic E-state index is 13.3. The van der Waals surface area contributed by atoms with Crippen molar-refractivity contribution in [2.24, 2.45) is 0 Å². The largest absolute Gasteiger partial charge is 0.481 e. The van der Waals surface area contributed by atoms with Crippen molar-refractivity contribution < 1.29 is 14.7 Å². The van der Waals surface area contributed by atoms with E-state index in [0.717, 1.165) is 22.5 Å². The maximum Gasteiger partial charge on any atom is 0.305 e. The van der Waals surface area contributed by atoms with E-state index in [-0.39, 0.29) is 12.3 Å². The van der Waals surface area contributed by atoms with Crippen LogP contribution in [0.2, 0.25) is 0 Å². The number of benzene rings is 1. The standard InChI is InChI=1S/C20H20N4O3/c1-12-9-13(2)24-19(22-12)16(11-21-24)20(27)23-8-7-14-5-3-4-6-15(14)17(23)10-18(25)26/h3-6,9,11,17H,7-8,10H2,1-2H3,(H,25,26)/t17-/m1/s1. The molecule has 1 aliphatic heterocycles. The number of rotatable bonds is 3. The van der Waals surface area contributed by atoms with Crippen molar-refractivity contribution in [1.82, 2.24) is 19.5 Å². The van der Waals surface area contributed by atoms with Crippen LogP contribution in [0.15, 0.2) is 36.5 Å². The Kier molecular flexibility index (Phi) is 4.14. The second-order valence-electron chi connectivity index (χ2n) is 6.89. The minimum absolute atomic E-state index is 0.131. The summed E-state index contributed by atoms with van der Waals surface area (Å²) in [4.78, 5) is 30.9. The van der Waals surface area contributed by atoms with Gasteiger partial charge in [0.15, 0.2) is 5.65 Å². The molecule has 1 amide bonds. The Bertz CT molecular complexity index is 1060. The second kappa shape index (κ2) is 6.50. The molecular weight excluding hydrogens is 344 g/mol. The van der Waals surface area contributed by atoms with E-state index in [1.165, 1.54) is 6.20 Å². The van der Waals surface area contributed by atoms with Crippen LogP contribution in [0.4, 0.5) is 0 Å². The number of carboxylic acids is 1. The molecule has 7 nitrogen and oxygen atoms in total. The zero-order valence-electron chi connectivity index (χ0n) is 15.2. The maximum absolute atomic E-state index is 13.3. The zero-order valence-corrected chi connectivity index (χ0v) is 15.2. The quantitative estimate of drug-likeness (QED) is 0.772. The number of aromatic nitrogens is 3. The molecule has 0 spiro atoms. The van der Waals surface area contributed by atoms with Crippen LogP contribution in [0, 0.1) is 13.8 Å². The Labute approximate surface area is 156 Å². The van der Waals surface area contributed by atoms with Crippen LogP contribution in [0.1, 0.15) is 45.3 Å². The van der Waals surface area contributed by atoms with Gasteiger partial charge in [-0.15, -0.1) is 0 Å². The second-order valence-corrected chi connectivity index (χ2v) is 6.89. The average molecular weight is 364 g/mol. The van der Waals surface area contributed by atoms with Gasteiger partial charge in [0, 0.05) is 17.9 Å². The minimum Gasteiger partial charge on any atom is -0.481 e. The normalized spacial score (nSPS) is 16.4. The van der Waals surface area contributed by atoms with Crippen LogP contribution in [-0.4, -0.2) is 43.0 Å². The molecule has 0 radical (unpaired) electrons. The molecule has 0 saturated heterocycles. The SMILES string of the molecule is Cc1cc(C)n2ncc(C(=O)N3CCc4ccccc4[C@H]3CC(=O)O)c2n1. The molecule has 3 heterocycles. The Balaban J connectivity index is 1.78. The molecular formula is C20H20N4O3. The summed E-state index contributed by atoms with van der Waals surface area (Å²) in [6, 6.07) is 9.13. The van der Waals surface area contributed by atoms with E-state index in [4.69, 9.17) is 0 Å². The molecule has 1 atom stereocenters. The fraction of sp³-hybridized carbons (Fsp3) is 0.300. The first-order valence-electron chi connectivity index (χ1n) is 8.88.